The van der Waals surface area contributed by atoms with Crippen LogP contribution in [-0.2, 0) is 9.59 Å². The molecule has 1 N–H and O–H groups in total. The van der Waals surface area contributed by atoms with Gasteiger partial charge in [0.2, 0.25) is 11.8 Å². The Balaban J connectivity index is 2.47. The average Bonchev–Trinajstić information content (AvgIpc) is 2.62. The molecule has 1 atom stereocenters. The van der Waals surface area contributed by atoms with E-state index in [-0.39, 0.29) is 18.4 Å². The number of likely N-dealkylation sites (N-methyl/N-ethyl adjacent to an activating group) is 1. The number of anilines is 1. The van der Waals surface area contributed by atoms with E-state index in [2.05, 4.69) is 10.5 Å². The SMILES string of the molecule is Cc1cc(NC(=O)CN(C)C(=O)C(C)Cl)no1. The Morgan fingerprint density at radius 3 is 2.76 bits per heavy atom. The van der Waals surface area contributed by atoms with Crippen LogP contribution in [0.5, 0.6) is 0 Å². The lowest BCUT2D eigenvalue weighted by Crippen LogP contribution is -2.38. The van der Waals surface area contributed by atoms with Crippen LogP contribution in [0.25, 0.3) is 0 Å². The van der Waals surface area contributed by atoms with Gasteiger partial charge in [-0.05, 0) is 13.8 Å². The van der Waals surface area contributed by atoms with Gasteiger partial charge in [0.1, 0.15) is 11.1 Å². The molecule has 0 aliphatic heterocycles. The number of nitrogens with zero attached hydrogens (tertiary/aromatic N) is 2. The molecular weight excluding hydrogens is 246 g/mol. The number of aryl methyl sites for hydroxylation is 1. The maximum atomic E-state index is 11.5. The minimum absolute atomic E-state index is 0.0815. The molecule has 0 aromatic carbocycles. The quantitative estimate of drug-likeness (QED) is 0.819. The Bertz CT molecular complexity index is 417. The normalized spacial score (nSPS) is 12.0. The number of carbonyl (C=O) groups excluding carboxylic acids is 2. The van der Waals surface area contributed by atoms with Crippen LogP contribution in [0.4, 0.5) is 5.82 Å². The molecule has 0 radical (unpaired) electrons. The summed E-state index contributed by atoms with van der Waals surface area (Å²) in [7, 11) is 1.51. The summed E-state index contributed by atoms with van der Waals surface area (Å²) in [6.45, 7) is 3.19. The topological polar surface area (TPSA) is 75.4 Å². The third kappa shape index (κ3) is 4.07. The van der Waals surface area contributed by atoms with Crippen molar-refractivity contribution >= 4 is 29.2 Å². The number of amides is 2. The fourth-order valence-corrected chi connectivity index (χ4v) is 1.37. The van der Waals surface area contributed by atoms with E-state index >= 15 is 0 Å². The van der Waals surface area contributed by atoms with E-state index in [1.54, 1.807) is 19.9 Å². The summed E-state index contributed by atoms with van der Waals surface area (Å²) in [5, 5.41) is 5.46. The molecule has 1 rings (SSSR count). The number of nitrogens with one attached hydrogen (secondary N) is 1. The first kappa shape index (κ1) is 13.5. The summed E-state index contributed by atoms with van der Waals surface area (Å²) in [5.74, 6) is 0.260. The van der Waals surface area contributed by atoms with Crippen molar-refractivity contribution < 1.29 is 14.1 Å². The number of aromatic nitrogens is 1. The van der Waals surface area contributed by atoms with E-state index in [1.807, 2.05) is 0 Å². The van der Waals surface area contributed by atoms with Gasteiger partial charge in [-0.15, -0.1) is 11.6 Å². The Morgan fingerprint density at radius 2 is 2.29 bits per heavy atom. The molecular formula is C10H14ClN3O3. The Hall–Kier alpha value is -1.56. The summed E-state index contributed by atoms with van der Waals surface area (Å²) >= 11 is 5.62. The number of rotatable bonds is 4. The van der Waals surface area contributed by atoms with Crippen molar-refractivity contribution in [2.75, 3.05) is 18.9 Å². The smallest absolute Gasteiger partial charge is 0.245 e. The second-order valence-corrected chi connectivity index (χ2v) is 4.34. The van der Waals surface area contributed by atoms with E-state index < -0.39 is 5.38 Å². The van der Waals surface area contributed by atoms with Gasteiger partial charge in [-0.3, -0.25) is 9.59 Å². The van der Waals surface area contributed by atoms with Crippen LogP contribution in [0.1, 0.15) is 12.7 Å². The number of hydrogen-bond donors (Lipinski definition) is 1. The number of alkyl halides is 1. The van der Waals surface area contributed by atoms with Gasteiger partial charge in [0.15, 0.2) is 5.82 Å². The molecule has 0 spiro atoms. The molecule has 1 unspecified atom stereocenters. The molecule has 0 aliphatic carbocycles. The second-order valence-electron chi connectivity index (χ2n) is 3.68. The van der Waals surface area contributed by atoms with Gasteiger partial charge in [-0.1, -0.05) is 5.16 Å². The predicted molar refractivity (Wildman–Crippen MR) is 62.8 cm³/mol. The summed E-state index contributed by atoms with van der Waals surface area (Å²) in [4.78, 5) is 24.2. The zero-order valence-corrected chi connectivity index (χ0v) is 10.6. The van der Waals surface area contributed by atoms with E-state index in [4.69, 9.17) is 16.1 Å². The molecule has 1 heterocycles. The zero-order valence-electron chi connectivity index (χ0n) is 9.86. The highest BCUT2D eigenvalue weighted by molar-refractivity contribution is 6.30. The third-order valence-corrected chi connectivity index (χ3v) is 2.18. The maximum Gasteiger partial charge on any atom is 0.245 e. The highest BCUT2D eigenvalue weighted by atomic mass is 35.5. The summed E-state index contributed by atoms with van der Waals surface area (Å²) in [6, 6.07) is 1.59. The molecule has 1 aromatic rings. The lowest BCUT2D eigenvalue weighted by molar-refractivity contribution is -0.132. The van der Waals surface area contributed by atoms with Gasteiger partial charge in [0, 0.05) is 13.1 Å². The van der Waals surface area contributed by atoms with Gasteiger partial charge in [-0.2, -0.15) is 0 Å². The molecule has 1 aromatic heterocycles. The van der Waals surface area contributed by atoms with Crippen LogP contribution < -0.4 is 5.32 Å². The van der Waals surface area contributed by atoms with Crippen molar-refractivity contribution in [3.63, 3.8) is 0 Å². The Kier molecular flexibility index (Phi) is 4.51. The van der Waals surface area contributed by atoms with E-state index in [9.17, 15) is 9.59 Å². The van der Waals surface area contributed by atoms with Crippen molar-refractivity contribution in [1.29, 1.82) is 0 Å². The largest absolute Gasteiger partial charge is 0.360 e. The number of carbonyl (C=O) groups is 2. The van der Waals surface area contributed by atoms with Crippen LogP contribution in [-0.4, -0.2) is 40.8 Å². The first-order valence-corrected chi connectivity index (χ1v) is 5.46. The average molecular weight is 260 g/mol. The maximum absolute atomic E-state index is 11.5. The molecule has 2 amide bonds. The molecule has 0 bridgehead atoms. The van der Waals surface area contributed by atoms with Crippen LogP contribution in [0.2, 0.25) is 0 Å². The minimum Gasteiger partial charge on any atom is -0.360 e. The summed E-state index contributed by atoms with van der Waals surface area (Å²) in [6.07, 6.45) is 0. The highest BCUT2D eigenvalue weighted by Crippen LogP contribution is 2.07. The van der Waals surface area contributed by atoms with Crippen molar-refractivity contribution in [2.45, 2.75) is 19.2 Å². The monoisotopic (exact) mass is 259 g/mol. The number of hydrogen-bond acceptors (Lipinski definition) is 4. The molecule has 0 saturated carbocycles. The van der Waals surface area contributed by atoms with Crippen molar-refractivity contribution in [3.05, 3.63) is 11.8 Å². The molecule has 7 heteroatoms. The summed E-state index contributed by atoms with van der Waals surface area (Å²) in [5.41, 5.74) is 0. The zero-order chi connectivity index (χ0) is 13.0. The van der Waals surface area contributed by atoms with E-state index in [0.717, 1.165) is 0 Å². The van der Waals surface area contributed by atoms with Gasteiger partial charge in [0.25, 0.3) is 0 Å². The van der Waals surface area contributed by atoms with Gasteiger partial charge >= 0.3 is 0 Å². The molecule has 94 valence electrons. The van der Waals surface area contributed by atoms with Crippen molar-refractivity contribution in [2.24, 2.45) is 0 Å². The van der Waals surface area contributed by atoms with Gasteiger partial charge < -0.3 is 14.7 Å². The number of halogens is 1. The van der Waals surface area contributed by atoms with Crippen LogP contribution in [0.3, 0.4) is 0 Å². The molecule has 6 nitrogen and oxygen atoms in total. The molecule has 17 heavy (non-hydrogen) atoms. The lowest BCUT2D eigenvalue weighted by Gasteiger charge is -2.17. The standard InChI is InChI=1S/C10H14ClN3O3/c1-6-4-8(13-17-6)12-9(15)5-14(3)10(16)7(2)11/h4,7H,5H2,1-3H3,(H,12,13,15). The van der Waals surface area contributed by atoms with Gasteiger partial charge in [0.05, 0.1) is 6.54 Å². The second kappa shape index (κ2) is 5.67. The lowest BCUT2D eigenvalue weighted by atomic mass is 10.4. The highest BCUT2D eigenvalue weighted by Gasteiger charge is 2.17. The minimum atomic E-state index is -0.651. The van der Waals surface area contributed by atoms with Crippen LogP contribution in [0.15, 0.2) is 10.6 Å². The fourth-order valence-electron chi connectivity index (χ4n) is 1.20. The molecule has 0 aliphatic rings. The third-order valence-electron chi connectivity index (χ3n) is 1.99. The molecule has 0 saturated heterocycles. The van der Waals surface area contributed by atoms with Crippen molar-refractivity contribution in [3.8, 4) is 0 Å². The van der Waals surface area contributed by atoms with E-state index in [0.29, 0.717) is 11.6 Å². The van der Waals surface area contributed by atoms with Crippen LogP contribution >= 0.6 is 11.6 Å². The van der Waals surface area contributed by atoms with Crippen LogP contribution in [0, 0.1) is 6.92 Å². The summed E-state index contributed by atoms with van der Waals surface area (Å²) < 4.78 is 4.79. The predicted octanol–water partition coefficient (Wildman–Crippen LogP) is 1.01. The van der Waals surface area contributed by atoms with Crippen molar-refractivity contribution in [1.82, 2.24) is 10.1 Å². The van der Waals surface area contributed by atoms with E-state index in [1.165, 1.54) is 11.9 Å². The molecule has 0 fully saturated rings. The Labute approximate surface area is 104 Å². The first-order chi connectivity index (χ1) is 7.90. The first-order valence-electron chi connectivity index (χ1n) is 5.02. The van der Waals surface area contributed by atoms with Gasteiger partial charge in [-0.25, -0.2) is 0 Å². The fraction of sp³-hybridized carbons (Fsp3) is 0.500. The Morgan fingerprint density at radius 1 is 1.65 bits per heavy atom.